The van der Waals surface area contributed by atoms with Crippen LogP contribution in [-0.2, 0) is 9.47 Å². The summed E-state index contributed by atoms with van der Waals surface area (Å²) in [6, 6.07) is 0. The van der Waals surface area contributed by atoms with Crippen molar-refractivity contribution in [2.45, 2.75) is 47.9 Å². The van der Waals surface area contributed by atoms with Gasteiger partial charge < -0.3 is 14.8 Å². The molecule has 0 saturated carbocycles. The molecule has 0 aromatic heterocycles. The Morgan fingerprint density at radius 1 is 0.920 bits per heavy atom. The Labute approximate surface area is 160 Å². The molecule has 2 N–H and O–H groups in total. The van der Waals surface area contributed by atoms with Crippen molar-refractivity contribution in [1.82, 2.24) is 15.5 Å². The third-order valence-electron chi connectivity index (χ3n) is 6.10. The summed E-state index contributed by atoms with van der Waals surface area (Å²) in [6.45, 7) is 7.64. The van der Waals surface area contributed by atoms with Gasteiger partial charge in [-0.1, -0.05) is 12.8 Å². The number of rotatable bonds is 3. The second-order valence-corrected chi connectivity index (χ2v) is 10.3. The van der Waals surface area contributed by atoms with E-state index >= 15 is 0 Å². The predicted octanol–water partition coefficient (Wildman–Crippen LogP) is 1.73. The molecule has 0 aromatic rings. The molecule has 4 aliphatic heterocycles. The van der Waals surface area contributed by atoms with Crippen LogP contribution in [0.3, 0.4) is 0 Å². The molecule has 5 nitrogen and oxygen atoms in total. The van der Waals surface area contributed by atoms with Gasteiger partial charge in [-0.05, 0) is 37.3 Å². The van der Waals surface area contributed by atoms with Gasteiger partial charge in [-0.2, -0.15) is 0 Å². The molecule has 4 fully saturated rings. The van der Waals surface area contributed by atoms with Crippen molar-refractivity contribution in [3.8, 4) is 0 Å². The van der Waals surface area contributed by atoms with Crippen molar-refractivity contribution in [2.24, 2.45) is 0 Å². The van der Waals surface area contributed by atoms with Gasteiger partial charge in [0.1, 0.15) is 11.3 Å². The van der Waals surface area contributed by atoms with Crippen molar-refractivity contribution in [3.05, 3.63) is 0 Å². The van der Waals surface area contributed by atoms with Gasteiger partial charge in [0.25, 0.3) is 0 Å². The standard InChI is InChI=1S/C18H33N3O2S2/c1-2-5-18(20-6-3-1,21-9-7-19-8-10-21)17(15-22-11-12-23-17)16-24-13-4-14-25-16/h16,19-20H,1-15H2. The minimum Gasteiger partial charge on any atom is -0.376 e. The van der Waals surface area contributed by atoms with Crippen LogP contribution < -0.4 is 10.6 Å². The van der Waals surface area contributed by atoms with E-state index in [1.54, 1.807) is 0 Å². The summed E-state index contributed by atoms with van der Waals surface area (Å²) in [5, 5.41) is 7.57. The number of hydrogen-bond donors (Lipinski definition) is 2. The highest BCUT2D eigenvalue weighted by Gasteiger charge is 2.61. The molecule has 7 heteroatoms. The molecule has 4 saturated heterocycles. The van der Waals surface area contributed by atoms with Crippen LogP contribution in [0.2, 0.25) is 0 Å². The molecule has 0 bridgehead atoms. The zero-order valence-electron chi connectivity index (χ0n) is 15.3. The second-order valence-electron chi connectivity index (χ2n) is 7.55. The van der Waals surface area contributed by atoms with E-state index in [9.17, 15) is 0 Å². The Morgan fingerprint density at radius 3 is 2.52 bits per heavy atom. The van der Waals surface area contributed by atoms with Gasteiger partial charge >= 0.3 is 0 Å². The molecule has 144 valence electrons. The molecule has 4 heterocycles. The number of ether oxygens (including phenoxy) is 2. The zero-order valence-corrected chi connectivity index (χ0v) is 16.9. The van der Waals surface area contributed by atoms with Gasteiger partial charge in [0.05, 0.1) is 24.4 Å². The number of nitrogens with one attached hydrogen (secondary N) is 2. The van der Waals surface area contributed by atoms with Gasteiger partial charge in [-0.3, -0.25) is 10.2 Å². The van der Waals surface area contributed by atoms with E-state index in [0.717, 1.165) is 52.5 Å². The lowest BCUT2D eigenvalue weighted by Gasteiger charge is -2.60. The van der Waals surface area contributed by atoms with Crippen LogP contribution >= 0.6 is 23.5 Å². The molecule has 2 atom stereocenters. The van der Waals surface area contributed by atoms with Gasteiger partial charge in [-0.25, -0.2) is 0 Å². The lowest BCUT2D eigenvalue weighted by Crippen LogP contribution is -2.79. The van der Waals surface area contributed by atoms with Crippen LogP contribution in [0.15, 0.2) is 0 Å². The number of piperazine rings is 1. The summed E-state index contributed by atoms with van der Waals surface area (Å²) in [5.41, 5.74) is -0.337. The first-order valence-corrected chi connectivity index (χ1v) is 12.1. The summed E-state index contributed by atoms with van der Waals surface area (Å²) in [7, 11) is 0. The molecule has 4 rings (SSSR count). The van der Waals surface area contributed by atoms with E-state index in [4.69, 9.17) is 9.47 Å². The number of hydrogen-bond acceptors (Lipinski definition) is 7. The van der Waals surface area contributed by atoms with Gasteiger partial charge in [0, 0.05) is 26.2 Å². The topological polar surface area (TPSA) is 45.8 Å². The van der Waals surface area contributed by atoms with E-state index in [2.05, 4.69) is 39.1 Å². The SMILES string of the molecule is C1CCNC(N2CCNCC2)(C2(C3SCCCS3)COCCO2)CC1. The Hall–Kier alpha value is 0.500. The smallest absolute Gasteiger partial charge is 0.144 e. The highest BCUT2D eigenvalue weighted by molar-refractivity contribution is 8.17. The predicted molar refractivity (Wildman–Crippen MR) is 106 cm³/mol. The molecule has 0 aromatic carbocycles. The summed E-state index contributed by atoms with van der Waals surface area (Å²) in [5.74, 6) is 2.50. The van der Waals surface area contributed by atoms with Crippen molar-refractivity contribution >= 4 is 23.5 Å². The minimum absolute atomic E-state index is 0.0893. The van der Waals surface area contributed by atoms with Crippen LogP contribution in [0.4, 0.5) is 0 Å². The Bertz CT molecular complexity index is 415. The van der Waals surface area contributed by atoms with Crippen LogP contribution in [0.25, 0.3) is 0 Å². The third kappa shape index (κ3) is 3.62. The molecular formula is C18H33N3O2S2. The zero-order chi connectivity index (χ0) is 17.0. The lowest BCUT2D eigenvalue weighted by atomic mass is 9.82. The number of nitrogens with zero attached hydrogens (tertiary/aromatic N) is 1. The van der Waals surface area contributed by atoms with Crippen LogP contribution in [0.1, 0.15) is 32.1 Å². The van der Waals surface area contributed by atoms with Gasteiger partial charge in [0.15, 0.2) is 0 Å². The van der Waals surface area contributed by atoms with E-state index in [0.29, 0.717) is 4.58 Å². The van der Waals surface area contributed by atoms with Crippen LogP contribution in [-0.4, -0.2) is 84.8 Å². The van der Waals surface area contributed by atoms with E-state index in [1.165, 1.54) is 43.6 Å². The maximum absolute atomic E-state index is 6.77. The average molecular weight is 388 g/mol. The Balaban J connectivity index is 1.72. The fourth-order valence-electron chi connectivity index (χ4n) is 4.89. The summed E-state index contributed by atoms with van der Waals surface area (Å²) in [6.07, 6.45) is 6.37. The average Bonchev–Trinajstić information content (AvgIpc) is 2.97. The summed E-state index contributed by atoms with van der Waals surface area (Å²) in [4.78, 5) is 2.71. The molecular weight excluding hydrogens is 354 g/mol. The van der Waals surface area contributed by atoms with Gasteiger partial charge in [0.2, 0.25) is 0 Å². The Morgan fingerprint density at radius 2 is 1.76 bits per heavy atom. The molecule has 25 heavy (non-hydrogen) atoms. The van der Waals surface area contributed by atoms with Crippen molar-refractivity contribution in [2.75, 3.05) is 64.1 Å². The molecule has 0 aliphatic carbocycles. The molecule has 0 spiro atoms. The van der Waals surface area contributed by atoms with E-state index < -0.39 is 0 Å². The lowest BCUT2D eigenvalue weighted by molar-refractivity contribution is -0.226. The molecule has 0 amide bonds. The number of thioether (sulfide) groups is 2. The molecule has 2 unspecified atom stereocenters. The first-order chi connectivity index (χ1) is 12.4. The van der Waals surface area contributed by atoms with E-state index in [1.807, 2.05) is 0 Å². The maximum Gasteiger partial charge on any atom is 0.144 e. The summed E-state index contributed by atoms with van der Waals surface area (Å²) < 4.78 is 13.3. The quantitative estimate of drug-likeness (QED) is 0.765. The second kappa shape index (κ2) is 8.67. The van der Waals surface area contributed by atoms with E-state index in [-0.39, 0.29) is 11.3 Å². The highest BCUT2D eigenvalue weighted by atomic mass is 32.2. The largest absolute Gasteiger partial charge is 0.376 e. The Kier molecular flexibility index (Phi) is 6.54. The first kappa shape index (κ1) is 18.8. The monoisotopic (exact) mass is 387 g/mol. The minimum atomic E-state index is -0.247. The highest BCUT2D eigenvalue weighted by Crippen LogP contribution is 2.49. The first-order valence-electron chi connectivity index (χ1n) is 10.0. The van der Waals surface area contributed by atoms with Gasteiger partial charge in [-0.15, -0.1) is 23.5 Å². The molecule has 0 radical (unpaired) electrons. The maximum atomic E-state index is 6.77. The van der Waals surface area contributed by atoms with Crippen molar-refractivity contribution in [3.63, 3.8) is 0 Å². The normalized spacial score (nSPS) is 39.8. The van der Waals surface area contributed by atoms with Crippen molar-refractivity contribution < 1.29 is 9.47 Å². The van der Waals surface area contributed by atoms with Crippen LogP contribution in [0, 0.1) is 0 Å². The fraction of sp³-hybridized carbons (Fsp3) is 1.00. The van der Waals surface area contributed by atoms with Crippen molar-refractivity contribution in [1.29, 1.82) is 0 Å². The third-order valence-corrected chi connectivity index (χ3v) is 9.33. The molecule has 4 aliphatic rings. The summed E-state index contributed by atoms with van der Waals surface area (Å²) >= 11 is 4.21. The van der Waals surface area contributed by atoms with Crippen LogP contribution in [0.5, 0.6) is 0 Å². The fourth-order valence-corrected chi connectivity index (χ4v) is 8.28.